The minimum atomic E-state index is 0.221. The second-order valence-electron chi connectivity index (χ2n) is 6.36. The van der Waals surface area contributed by atoms with E-state index < -0.39 is 0 Å². The first-order valence-corrected chi connectivity index (χ1v) is 10.0. The third-order valence-corrected chi connectivity index (χ3v) is 5.07. The predicted molar refractivity (Wildman–Crippen MR) is 116 cm³/mol. The number of fused-ring (bicyclic) bond motifs is 1. The summed E-state index contributed by atoms with van der Waals surface area (Å²) in [6.45, 7) is 1.98. The van der Waals surface area contributed by atoms with Crippen LogP contribution in [0.1, 0.15) is 5.56 Å². The van der Waals surface area contributed by atoms with Crippen LogP contribution in [0.25, 0.3) is 10.2 Å². The van der Waals surface area contributed by atoms with Crippen molar-refractivity contribution < 1.29 is 9.84 Å². The highest BCUT2D eigenvalue weighted by Crippen LogP contribution is 2.31. The van der Waals surface area contributed by atoms with Gasteiger partial charge in [-0.2, -0.15) is 0 Å². The first-order valence-electron chi connectivity index (χ1n) is 9.23. The Morgan fingerprint density at radius 2 is 1.79 bits per heavy atom. The quantitative estimate of drug-likeness (QED) is 0.277. The Kier molecular flexibility index (Phi) is 6.09. The third kappa shape index (κ3) is 5.37. The first-order chi connectivity index (χ1) is 14.3. The van der Waals surface area contributed by atoms with E-state index in [1.807, 2.05) is 42.5 Å². The summed E-state index contributed by atoms with van der Waals surface area (Å²) in [5.74, 6) is 0.221. The summed E-state index contributed by atoms with van der Waals surface area (Å²) in [5, 5.41) is 21.8. The number of thiazole rings is 1. The number of nitrogens with zero attached hydrogens (tertiary/aromatic N) is 3. The third-order valence-electron chi connectivity index (χ3n) is 4.17. The molecule has 0 unspecified atom stereocenters. The number of azo groups is 1. The van der Waals surface area contributed by atoms with Crippen molar-refractivity contribution in [1.29, 1.82) is 0 Å². The van der Waals surface area contributed by atoms with Crippen molar-refractivity contribution in [2.24, 2.45) is 10.2 Å². The first kappa shape index (κ1) is 19.0. The van der Waals surface area contributed by atoms with Gasteiger partial charge in [0, 0.05) is 12.2 Å². The van der Waals surface area contributed by atoms with Crippen molar-refractivity contribution in [1.82, 2.24) is 4.98 Å². The lowest BCUT2D eigenvalue weighted by Crippen LogP contribution is -2.09. The van der Waals surface area contributed by atoms with E-state index in [0.717, 1.165) is 28.1 Å². The highest BCUT2D eigenvalue weighted by molar-refractivity contribution is 7.21. The second kappa shape index (κ2) is 9.27. The van der Waals surface area contributed by atoms with Gasteiger partial charge >= 0.3 is 0 Å². The van der Waals surface area contributed by atoms with Crippen LogP contribution in [0.5, 0.6) is 5.75 Å². The minimum absolute atomic E-state index is 0.221. The Hall–Kier alpha value is -3.29. The number of aromatic hydroxyl groups is 1. The molecule has 7 heteroatoms. The maximum Gasteiger partial charge on any atom is 0.231 e. The summed E-state index contributed by atoms with van der Waals surface area (Å²) in [7, 11) is 0. The van der Waals surface area contributed by atoms with Gasteiger partial charge in [-0.1, -0.05) is 41.7 Å². The van der Waals surface area contributed by atoms with Crippen LogP contribution in [0.3, 0.4) is 0 Å². The summed E-state index contributed by atoms with van der Waals surface area (Å²) < 4.78 is 6.55. The molecule has 3 aromatic carbocycles. The number of aromatic nitrogens is 1. The standard InChI is InChI=1S/C22H20N4O2S/c27-19-10-11-20-21(14-19)29-22(24-20)26-25-18-8-6-17(7-9-18)23-12-13-28-15-16-4-2-1-3-5-16/h1-11,14,23,27H,12-13,15H2. The Bertz CT molecular complexity index is 1090. The summed E-state index contributed by atoms with van der Waals surface area (Å²) in [6, 6.07) is 22.9. The van der Waals surface area contributed by atoms with E-state index in [1.54, 1.807) is 18.2 Å². The fraction of sp³-hybridized carbons (Fsp3) is 0.136. The van der Waals surface area contributed by atoms with E-state index in [2.05, 4.69) is 32.7 Å². The van der Waals surface area contributed by atoms with Crippen molar-refractivity contribution in [3.63, 3.8) is 0 Å². The predicted octanol–water partition coefficient (Wildman–Crippen LogP) is 6.05. The van der Waals surface area contributed by atoms with Crippen LogP contribution in [0.2, 0.25) is 0 Å². The molecule has 1 aromatic heterocycles. The number of nitrogens with one attached hydrogen (secondary N) is 1. The van der Waals surface area contributed by atoms with Crippen molar-refractivity contribution in [2.75, 3.05) is 18.5 Å². The van der Waals surface area contributed by atoms with Crippen LogP contribution >= 0.6 is 11.3 Å². The highest BCUT2D eigenvalue weighted by Gasteiger charge is 2.03. The molecule has 4 aromatic rings. The Balaban J connectivity index is 1.25. The van der Waals surface area contributed by atoms with Gasteiger partial charge in [-0.15, -0.1) is 10.2 Å². The van der Waals surface area contributed by atoms with Gasteiger partial charge in [0.15, 0.2) is 0 Å². The Morgan fingerprint density at radius 3 is 2.62 bits per heavy atom. The number of rotatable bonds is 8. The molecule has 6 nitrogen and oxygen atoms in total. The zero-order chi connectivity index (χ0) is 19.9. The lowest BCUT2D eigenvalue weighted by atomic mass is 10.2. The topological polar surface area (TPSA) is 79.1 Å². The molecular weight excluding hydrogens is 384 g/mol. The molecule has 0 amide bonds. The van der Waals surface area contributed by atoms with E-state index in [0.29, 0.717) is 18.3 Å². The van der Waals surface area contributed by atoms with Crippen LogP contribution in [-0.4, -0.2) is 23.2 Å². The molecule has 1 heterocycles. The molecule has 0 fully saturated rings. The molecular formula is C22H20N4O2S. The van der Waals surface area contributed by atoms with E-state index in [-0.39, 0.29) is 5.75 Å². The average Bonchev–Trinajstić information content (AvgIpc) is 3.15. The van der Waals surface area contributed by atoms with E-state index in [1.165, 1.54) is 16.9 Å². The number of phenolic OH excluding ortho intramolecular Hbond substituents is 1. The van der Waals surface area contributed by atoms with Gasteiger partial charge in [-0.3, -0.25) is 0 Å². The van der Waals surface area contributed by atoms with Crippen molar-refractivity contribution in [3.05, 3.63) is 78.4 Å². The zero-order valence-corrected chi connectivity index (χ0v) is 16.5. The largest absolute Gasteiger partial charge is 0.508 e. The number of hydrogen-bond donors (Lipinski definition) is 2. The van der Waals surface area contributed by atoms with E-state index >= 15 is 0 Å². The van der Waals surface area contributed by atoms with Gasteiger partial charge in [0.2, 0.25) is 5.13 Å². The van der Waals surface area contributed by atoms with Crippen LogP contribution in [0.15, 0.2) is 83.0 Å². The van der Waals surface area contributed by atoms with Gasteiger partial charge < -0.3 is 15.2 Å². The molecule has 0 bridgehead atoms. The van der Waals surface area contributed by atoms with E-state index in [9.17, 15) is 5.11 Å². The molecule has 0 atom stereocenters. The highest BCUT2D eigenvalue weighted by atomic mass is 32.1. The van der Waals surface area contributed by atoms with Gasteiger partial charge in [-0.05, 0) is 48.0 Å². The molecule has 0 aliphatic heterocycles. The average molecular weight is 404 g/mol. The number of benzene rings is 3. The number of hydrogen-bond acceptors (Lipinski definition) is 7. The molecule has 29 heavy (non-hydrogen) atoms. The van der Waals surface area contributed by atoms with Gasteiger partial charge in [0.05, 0.1) is 29.1 Å². The Morgan fingerprint density at radius 1 is 0.966 bits per heavy atom. The smallest absolute Gasteiger partial charge is 0.231 e. The van der Waals surface area contributed by atoms with Crippen LogP contribution in [0.4, 0.5) is 16.5 Å². The molecule has 4 rings (SSSR count). The molecule has 2 N–H and O–H groups in total. The molecule has 0 aliphatic carbocycles. The van der Waals surface area contributed by atoms with Crippen molar-refractivity contribution >= 4 is 38.1 Å². The molecule has 0 saturated carbocycles. The number of phenols is 1. The summed E-state index contributed by atoms with van der Waals surface area (Å²) in [4.78, 5) is 4.39. The monoisotopic (exact) mass is 404 g/mol. The summed E-state index contributed by atoms with van der Waals surface area (Å²) >= 11 is 1.39. The van der Waals surface area contributed by atoms with E-state index in [4.69, 9.17) is 4.74 Å². The van der Waals surface area contributed by atoms with Gasteiger partial charge in [-0.25, -0.2) is 4.98 Å². The fourth-order valence-electron chi connectivity index (χ4n) is 2.72. The van der Waals surface area contributed by atoms with Crippen LogP contribution < -0.4 is 5.32 Å². The van der Waals surface area contributed by atoms with Gasteiger partial charge in [0.1, 0.15) is 5.75 Å². The van der Waals surface area contributed by atoms with Crippen molar-refractivity contribution in [2.45, 2.75) is 6.61 Å². The normalized spacial score (nSPS) is 11.3. The number of anilines is 1. The lowest BCUT2D eigenvalue weighted by molar-refractivity contribution is 0.130. The molecule has 0 aliphatic rings. The zero-order valence-electron chi connectivity index (χ0n) is 15.7. The molecule has 0 saturated heterocycles. The van der Waals surface area contributed by atoms with Crippen molar-refractivity contribution in [3.8, 4) is 5.75 Å². The Labute approximate surface area is 172 Å². The molecule has 0 spiro atoms. The minimum Gasteiger partial charge on any atom is -0.508 e. The molecule has 146 valence electrons. The maximum absolute atomic E-state index is 9.53. The second-order valence-corrected chi connectivity index (χ2v) is 7.37. The van der Waals surface area contributed by atoms with Gasteiger partial charge in [0.25, 0.3) is 0 Å². The number of ether oxygens (including phenoxy) is 1. The molecule has 0 radical (unpaired) electrons. The van der Waals surface area contributed by atoms with Crippen LogP contribution in [0, 0.1) is 0 Å². The SMILES string of the molecule is Oc1ccc2nc(N=Nc3ccc(NCCOCc4ccccc4)cc3)sc2c1. The summed E-state index contributed by atoms with van der Waals surface area (Å²) in [6.07, 6.45) is 0. The van der Waals surface area contributed by atoms with Crippen LogP contribution in [-0.2, 0) is 11.3 Å². The fourth-order valence-corrected chi connectivity index (χ4v) is 3.54. The lowest BCUT2D eigenvalue weighted by Gasteiger charge is -2.07. The maximum atomic E-state index is 9.53. The summed E-state index contributed by atoms with van der Waals surface area (Å²) in [5.41, 5.74) is 3.73.